The van der Waals surface area contributed by atoms with Gasteiger partial charge in [0.05, 0.1) is 0 Å². The van der Waals surface area contributed by atoms with Crippen LogP contribution in [0.15, 0.2) is 11.6 Å². The van der Waals surface area contributed by atoms with Crippen molar-refractivity contribution < 1.29 is 4.79 Å². The van der Waals surface area contributed by atoms with Gasteiger partial charge < -0.3 is 16.0 Å². The molecule has 0 spiro atoms. The van der Waals surface area contributed by atoms with Crippen LogP contribution in [0.3, 0.4) is 0 Å². The van der Waals surface area contributed by atoms with Crippen molar-refractivity contribution in [3.8, 4) is 0 Å². The Morgan fingerprint density at radius 2 is 2.46 bits per heavy atom. The van der Waals surface area contributed by atoms with Crippen LogP contribution >= 0.6 is 0 Å². The maximum Gasteiger partial charge on any atom is 0.244 e. The average Bonchev–Trinajstić information content (AvgIpc) is 2.66. The summed E-state index contributed by atoms with van der Waals surface area (Å²) in [6, 6.07) is 0. The lowest BCUT2D eigenvalue weighted by Gasteiger charge is -2.07. The Balaban J connectivity index is 2.64. The Kier molecular flexibility index (Phi) is 3.64. The predicted octanol–water partition coefficient (Wildman–Crippen LogP) is -0.0821. The van der Waals surface area contributed by atoms with Crippen molar-refractivity contribution in [1.29, 1.82) is 5.41 Å². The molecule has 72 valence electrons. The van der Waals surface area contributed by atoms with E-state index in [1.165, 1.54) is 12.3 Å². The molecule has 0 aliphatic carbocycles. The molecule has 1 rings (SSSR count). The molecule has 1 heterocycles. The van der Waals surface area contributed by atoms with E-state index in [4.69, 9.17) is 5.41 Å². The molecule has 0 radical (unpaired) electrons. The lowest BCUT2D eigenvalue weighted by Crippen LogP contribution is -2.18. The van der Waals surface area contributed by atoms with Crippen LogP contribution in [0.1, 0.15) is 6.42 Å². The summed E-state index contributed by atoms with van der Waals surface area (Å²) >= 11 is 0. The van der Waals surface area contributed by atoms with Crippen LogP contribution < -0.4 is 10.6 Å². The van der Waals surface area contributed by atoms with Gasteiger partial charge >= 0.3 is 0 Å². The van der Waals surface area contributed by atoms with Crippen molar-refractivity contribution in [3.05, 3.63) is 11.6 Å². The molecule has 1 fully saturated rings. The lowest BCUT2D eigenvalue weighted by atomic mass is 9.99. The maximum atomic E-state index is 11.0. The monoisotopic (exact) mass is 181 g/mol. The maximum absolute atomic E-state index is 11.0. The van der Waals surface area contributed by atoms with Crippen LogP contribution in [0.5, 0.6) is 0 Å². The molecule has 1 unspecified atom stereocenters. The van der Waals surface area contributed by atoms with E-state index in [9.17, 15) is 4.79 Å². The van der Waals surface area contributed by atoms with Crippen LogP contribution in [0, 0.1) is 11.3 Å². The van der Waals surface area contributed by atoms with Crippen molar-refractivity contribution in [1.82, 2.24) is 10.6 Å². The van der Waals surface area contributed by atoms with E-state index in [0.29, 0.717) is 5.92 Å². The number of carbonyl (C=O) groups is 1. The molecule has 0 bridgehead atoms. The van der Waals surface area contributed by atoms with E-state index in [0.717, 1.165) is 25.1 Å². The molecule has 4 heteroatoms. The standard InChI is InChI=1S/C9H15N3O/c1-11-9(13)4-8(5-10)7-2-3-12-6-7/h4-5,7,10,12H,2-3,6H2,1H3,(H,11,13)/b8-4+,10-5?. The summed E-state index contributed by atoms with van der Waals surface area (Å²) in [5, 5.41) is 12.9. The third-order valence-corrected chi connectivity index (χ3v) is 2.24. The molecule has 1 saturated heterocycles. The minimum Gasteiger partial charge on any atom is -0.356 e. The summed E-state index contributed by atoms with van der Waals surface area (Å²) in [5.41, 5.74) is 0.810. The molecule has 3 N–H and O–H groups in total. The highest BCUT2D eigenvalue weighted by Crippen LogP contribution is 2.16. The molecule has 0 saturated carbocycles. The zero-order valence-electron chi connectivity index (χ0n) is 7.76. The van der Waals surface area contributed by atoms with E-state index in [1.807, 2.05) is 0 Å². The number of nitrogens with one attached hydrogen (secondary N) is 3. The first-order valence-electron chi connectivity index (χ1n) is 4.42. The van der Waals surface area contributed by atoms with E-state index in [2.05, 4.69) is 10.6 Å². The van der Waals surface area contributed by atoms with Crippen LogP contribution in [0.25, 0.3) is 0 Å². The van der Waals surface area contributed by atoms with Gasteiger partial charge in [-0.1, -0.05) is 0 Å². The highest BCUT2D eigenvalue weighted by Gasteiger charge is 2.17. The first kappa shape index (κ1) is 9.92. The van der Waals surface area contributed by atoms with Crippen molar-refractivity contribution in [3.63, 3.8) is 0 Å². The third kappa shape index (κ3) is 2.66. The van der Waals surface area contributed by atoms with E-state index in [1.54, 1.807) is 7.05 Å². The molecular weight excluding hydrogens is 166 g/mol. The smallest absolute Gasteiger partial charge is 0.244 e. The Labute approximate surface area is 77.9 Å². The van der Waals surface area contributed by atoms with Crippen LogP contribution in [-0.4, -0.2) is 32.3 Å². The van der Waals surface area contributed by atoms with Gasteiger partial charge in [-0.15, -0.1) is 0 Å². The summed E-state index contributed by atoms with van der Waals surface area (Å²) in [5.74, 6) is 0.195. The fraction of sp³-hybridized carbons (Fsp3) is 0.556. The molecule has 0 aromatic rings. The van der Waals surface area contributed by atoms with Crippen molar-refractivity contribution in [2.45, 2.75) is 6.42 Å². The minimum absolute atomic E-state index is 0.134. The minimum atomic E-state index is -0.134. The molecular formula is C9H15N3O. The van der Waals surface area contributed by atoms with Gasteiger partial charge in [-0.3, -0.25) is 4.79 Å². The zero-order chi connectivity index (χ0) is 9.68. The summed E-state index contributed by atoms with van der Waals surface area (Å²) in [4.78, 5) is 11.0. The second-order valence-electron chi connectivity index (χ2n) is 3.09. The van der Waals surface area contributed by atoms with Crippen molar-refractivity contribution in [2.24, 2.45) is 5.92 Å². The Morgan fingerprint density at radius 3 is 2.92 bits per heavy atom. The first-order valence-corrected chi connectivity index (χ1v) is 4.42. The molecule has 1 aliphatic rings. The molecule has 0 aromatic carbocycles. The highest BCUT2D eigenvalue weighted by atomic mass is 16.1. The van der Waals surface area contributed by atoms with Crippen molar-refractivity contribution in [2.75, 3.05) is 20.1 Å². The quantitative estimate of drug-likeness (QED) is 0.421. The normalized spacial score (nSPS) is 22.8. The number of rotatable bonds is 3. The Hall–Kier alpha value is -1.16. The van der Waals surface area contributed by atoms with Crippen LogP contribution in [0.4, 0.5) is 0 Å². The second-order valence-corrected chi connectivity index (χ2v) is 3.09. The molecule has 1 atom stereocenters. The molecule has 13 heavy (non-hydrogen) atoms. The largest absolute Gasteiger partial charge is 0.356 e. The zero-order valence-corrected chi connectivity index (χ0v) is 7.76. The SMILES string of the molecule is CNC(=O)/C=C(\C=N)C1CCNC1. The Morgan fingerprint density at radius 1 is 1.69 bits per heavy atom. The number of hydrogen-bond donors (Lipinski definition) is 3. The van der Waals surface area contributed by atoms with Gasteiger partial charge in [0.2, 0.25) is 5.91 Å². The van der Waals surface area contributed by atoms with Gasteiger partial charge in [-0.2, -0.15) is 0 Å². The van der Waals surface area contributed by atoms with Gasteiger partial charge in [-0.25, -0.2) is 0 Å². The Bertz CT molecular complexity index is 229. The second kappa shape index (κ2) is 4.77. The summed E-state index contributed by atoms with van der Waals surface area (Å²) in [6.07, 6.45) is 3.79. The fourth-order valence-electron chi connectivity index (χ4n) is 1.44. The number of amides is 1. The van der Waals surface area contributed by atoms with Crippen molar-refractivity contribution >= 4 is 12.1 Å². The summed E-state index contributed by atoms with van der Waals surface area (Å²) in [7, 11) is 1.59. The van der Waals surface area contributed by atoms with Gasteiger partial charge in [0, 0.05) is 25.9 Å². The van der Waals surface area contributed by atoms with Gasteiger partial charge in [0.1, 0.15) is 0 Å². The number of carbonyl (C=O) groups excluding carboxylic acids is 1. The van der Waals surface area contributed by atoms with Crippen LogP contribution in [0.2, 0.25) is 0 Å². The van der Waals surface area contributed by atoms with E-state index >= 15 is 0 Å². The fourth-order valence-corrected chi connectivity index (χ4v) is 1.44. The third-order valence-electron chi connectivity index (χ3n) is 2.24. The molecule has 1 aliphatic heterocycles. The summed E-state index contributed by atoms with van der Waals surface area (Å²) < 4.78 is 0. The first-order chi connectivity index (χ1) is 6.27. The highest BCUT2D eigenvalue weighted by molar-refractivity contribution is 5.94. The van der Waals surface area contributed by atoms with Gasteiger partial charge in [0.25, 0.3) is 0 Å². The molecule has 1 amide bonds. The summed E-state index contributed by atoms with van der Waals surface area (Å²) in [6.45, 7) is 1.85. The lowest BCUT2D eigenvalue weighted by molar-refractivity contribution is -0.116. The molecule has 0 aromatic heterocycles. The van der Waals surface area contributed by atoms with Crippen LogP contribution in [-0.2, 0) is 4.79 Å². The predicted molar refractivity (Wildman–Crippen MR) is 51.9 cm³/mol. The average molecular weight is 181 g/mol. The van der Waals surface area contributed by atoms with E-state index in [-0.39, 0.29) is 5.91 Å². The van der Waals surface area contributed by atoms with Gasteiger partial charge in [0.15, 0.2) is 0 Å². The number of likely N-dealkylation sites (N-methyl/N-ethyl adjacent to an activating group) is 1. The topological polar surface area (TPSA) is 65.0 Å². The van der Waals surface area contributed by atoms with E-state index < -0.39 is 0 Å². The van der Waals surface area contributed by atoms with Gasteiger partial charge in [-0.05, 0) is 24.5 Å². The number of hydrogen-bond acceptors (Lipinski definition) is 3. The molecule has 4 nitrogen and oxygen atoms in total.